The van der Waals surface area contributed by atoms with Gasteiger partial charge in [0.15, 0.2) is 0 Å². The molecule has 1 fully saturated rings. The Bertz CT molecular complexity index is 1080. The number of nitrogens with zero attached hydrogens (tertiary/aromatic N) is 1. The van der Waals surface area contributed by atoms with Gasteiger partial charge in [-0.1, -0.05) is 79.7 Å². The van der Waals surface area contributed by atoms with E-state index < -0.39 is 23.4 Å². The maximum absolute atomic E-state index is 13.1. The van der Waals surface area contributed by atoms with E-state index in [2.05, 4.69) is 10.7 Å². The monoisotopic (exact) mass is 399 g/mol. The highest BCUT2D eigenvalue weighted by atomic mass is 16.2. The SMILES string of the molecule is CCC1(c2ccccc2)NC(=O)N(NC(=O)c2ccc(-c3ccccc3)cc2)C1=O. The maximum atomic E-state index is 13.1. The second-order valence-electron chi connectivity index (χ2n) is 7.08. The van der Waals surface area contributed by atoms with Crippen molar-refractivity contribution in [2.24, 2.45) is 0 Å². The Balaban J connectivity index is 1.53. The van der Waals surface area contributed by atoms with E-state index in [4.69, 9.17) is 0 Å². The molecular weight excluding hydrogens is 378 g/mol. The van der Waals surface area contributed by atoms with Crippen LogP contribution in [0, 0.1) is 0 Å². The van der Waals surface area contributed by atoms with E-state index in [9.17, 15) is 14.4 Å². The highest BCUT2D eigenvalue weighted by Gasteiger charge is 2.52. The molecule has 4 rings (SSSR count). The summed E-state index contributed by atoms with van der Waals surface area (Å²) in [6.45, 7) is 1.82. The van der Waals surface area contributed by atoms with Crippen molar-refractivity contribution in [2.75, 3.05) is 0 Å². The Morgan fingerprint density at radius 2 is 1.43 bits per heavy atom. The second kappa shape index (κ2) is 7.83. The van der Waals surface area contributed by atoms with Crippen molar-refractivity contribution in [1.82, 2.24) is 15.8 Å². The predicted octanol–water partition coefficient (Wildman–Crippen LogP) is 3.86. The molecule has 0 radical (unpaired) electrons. The lowest BCUT2D eigenvalue weighted by atomic mass is 9.87. The average Bonchev–Trinajstić information content (AvgIpc) is 3.05. The lowest BCUT2D eigenvalue weighted by Crippen LogP contribution is -2.48. The normalized spacial score (nSPS) is 18.2. The minimum Gasteiger partial charge on any atom is -0.318 e. The number of urea groups is 1. The Labute approximate surface area is 174 Å². The van der Waals surface area contributed by atoms with Crippen molar-refractivity contribution >= 4 is 17.8 Å². The number of nitrogens with one attached hydrogen (secondary N) is 2. The van der Waals surface area contributed by atoms with Gasteiger partial charge in [-0.2, -0.15) is 5.01 Å². The molecular formula is C24H21N3O3. The van der Waals surface area contributed by atoms with Crippen molar-refractivity contribution in [3.8, 4) is 11.1 Å². The summed E-state index contributed by atoms with van der Waals surface area (Å²) in [5.74, 6) is -1.03. The fraction of sp³-hybridized carbons (Fsp3) is 0.125. The molecule has 6 nitrogen and oxygen atoms in total. The molecule has 0 aromatic heterocycles. The van der Waals surface area contributed by atoms with Gasteiger partial charge in [0.1, 0.15) is 5.54 Å². The van der Waals surface area contributed by atoms with Gasteiger partial charge in [-0.05, 0) is 35.2 Å². The van der Waals surface area contributed by atoms with E-state index in [1.54, 1.807) is 24.3 Å². The number of carbonyl (C=O) groups excluding carboxylic acids is 3. The standard InChI is InChI=1S/C24H21N3O3/c1-2-24(20-11-7-4-8-12-20)22(29)27(23(30)25-24)26-21(28)19-15-13-18(14-16-19)17-9-5-3-6-10-17/h3-16H,2H2,1H3,(H,25,30)(H,26,28). The average molecular weight is 399 g/mol. The summed E-state index contributed by atoms with van der Waals surface area (Å²) in [5.41, 5.74) is 4.29. The zero-order valence-corrected chi connectivity index (χ0v) is 16.5. The van der Waals surface area contributed by atoms with E-state index in [0.717, 1.165) is 16.1 Å². The largest absolute Gasteiger partial charge is 0.344 e. The molecule has 3 aromatic rings. The number of imide groups is 1. The first-order valence-corrected chi connectivity index (χ1v) is 9.74. The van der Waals surface area contributed by atoms with Crippen molar-refractivity contribution < 1.29 is 14.4 Å². The van der Waals surface area contributed by atoms with Gasteiger partial charge in [0.05, 0.1) is 0 Å². The Hall–Kier alpha value is -3.93. The van der Waals surface area contributed by atoms with Crippen LogP contribution in [0.15, 0.2) is 84.9 Å². The third kappa shape index (κ3) is 3.33. The van der Waals surface area contributed by atoms with Crippen molar-refractivity contribution in [3.63, 3.8) is 0 Å². The molecule has 6 heteroatoms. The summed E-state index contributed by atoms with van der Waals surface area (Å²) in [6.07, 6.45) is 0.361. The zero-order chi connectivity index (χ0) is 21.1. The van der Waals surface area contributed by atoms with Gasteiger partial charge in [0.2, 0.25) is 0 Å². The summed E-state index contributed by atoms with van der Waals surface area (Å²) in [4.78, 5) is 38.3. The van der Waals surface area contributed by atoms with Crippen LogP contribution in [0.4, 0.5) is 4.79 Å². The van der Waals surface area contributed by atoms with Gasteiger partial charge >= 0.3 is 6.03 Å². The Kier molecular flexibility index (Phi) is 5.06. The van der Waals surface area contributed by atoms with Crippen LogP contribution in [-0.4, -0.2) is 22.9 Å². The van der Waals surface area contributed by atoms with Crippen LogP contribution in [0.5, 0.6) is 0 Å². The molecule has 1 unspecified atom stereocenters. The molecule has 0 bridgehead atoms. The molecule has 2 N–H and O–H groups in total. The number of hydrogen-bond acceptors (Lipinski definition) is 3. The summed E-state index contributed by atoms with van der Waals surface area (Å²) in [5, 5.41) is 3.51. The van der Waals surface area contributed by atoms with Crippen LogP contribution >= 0.6 is 0 Å². The number of hydrogen-bond donors (Lipinski definition) is 2. The number of carbonyl (C=O) groups is 3. The van der Waals surface area contributed by atoms with Gasteiger partial charge < -0.3 is 5.32 Å². The molecule has 30 heavy (non-hydrogen) atoms. The van der Waals surface area contributed by atoms with Crippen LogP contribution < -0.4 is 10.7 Å². The van der Waals surface area contributed by atoms with Crippen molar-refractivity contribution in [1.29, 1.82) is 0 Å². The highest BCUT2D eigenvalue weighted by molar-refractivity contribution is 6.09. The number of benzene rings is 3. The number of amides is 4. The van der Waals surface area contributed by atoms with E-state index >= 15 is 0 Å². The fourth-order valence-corrected chi connectivity index (χ4v) is 3.65. The van der Waals surface area contributed by atoms with Crippen LogP contribution in [0.3, 0.4) is 0 Å². The lowest BCUT2D eigenvalue weighted by Gasteiger charge is -2.25. The first-order valence-electron chi connectivity index (χ1n) is 9.74. The molecule has 1 atom stereocenters. The summed E-state index contributed by atoms with van der Waals surface area (Å²) in [6, 6.07) is 25.2. The molecule has 1 aliphatic rings. The zero-order valence-electron chi connectivity index (χ0n) is 16.5. The summed E-state index contributed by atoms with van der Waals surface area (Å²) < 4.78 is 0. The Morgan fingerprint density at radius 1 is 0.867 bits per heavy atom. The molecule has 0 aliphatic carbocycles. The van der Waals surface area contributed by atoms with Crippen LogP contribution in [-0.2, 0) is 10.3 Å². The van der Waals surface area contributed by atoms with Gasteiger partial charge in [-0.3, -0.25) is 15.0 Å². The van der Waals surface area contributed by atoms with Crippen LogP contribution in [0.1, 0.15) is 29.3 Å². The van der Waals surface area contributed by atoms with Gasteiger partial charge in [0.25, 0.3) is 11.8 Å². The minimum absolute atomic E-state index is 0.351. The third-order valence-electron chi connectivity index (χ3n) is 5.36. The number of rotatable bonds is 5. The van der Waals surface area contributed by atoms with E-state index in [-0.39, 0.29) is 0 Å². The minimum atomic E-state index is -1.19. The molecule has 150 valence electrons. The van der Waals surface area contributed by atoms with Gasteiger partial charge in [-0.25, -0.2) is 4.79 Å². The third-order valence-corrected chi connectivity index (χ3v) is 5.36. The lowest BCUT2D eigenvalue weighted by molar-refractivity contribution is -0.133. The quantitative estimate of drug-likeness (QED) is 0.640. The van der Waals surface area contributed by atoms with Crippen molar-refractivity contribution in [3.05, 3.63) is 96.1 Å². The van der Waals surface area contributed by atoms with Crippen LogP contribution in [0.25, 0.3) is 11.1 Å². The van der Waals surface area contributed by atoms with Gasteiger partial charge in [-0.15, -0.1) is 0 Å². The molecule has 1 saturated heterocycles. The molecule has 0 spiro atoms. The van der Waals surface area contributed by atoms with Crippen LogP contribution in [0.2, 0.25) is 0 Å². The van der Waals surface area contributed by atoms with E-state index in [1.165, 1.54) is 0 Å². The first kappa shape index (κ1) is 19.4. The van der Waals surface area contributed by atoms with Gasteiger partial charge in [0, 0.05) is 5.56 Å². The predicted molar refractivity (Wildman–Crippen MR) is 113 cm³/mol. The molecule has 0 saturated carbocycles. The second-order valence-corrected chi connectivity index (χ2v) is 7.08. The molecule has 4 amide bonds. The molecule has 3 aromatic carbocycles. The maximum Gasteiger partial charge on any atom is 0.344 e. The fourth-order valence-electron chi connectivity index (χ4n) is 3.65. The van der Waals surface area contributed by atoms with E-state index in [1.807, 2.05) is 67.6 Å². The molecule has 1 heterocycles. The highest BCUT2D eigenvalue weighted by Crippen LogP contribution is 2.31. The summed E-state index contributed by atoms with van der Waals surface area (Å²) >= 11 is 0. The Morgan fingerprint density at radius 3 is 2.03 bits per heavy atom. The van der Waals surface area contributed by atoms with E-state index in [0.29, 0.717) is 17.5 Å². The summed E-state index contributed by atoms with van der Waals surface area (Å²) in [7, 11) is 0. The topological polar surface area (TPSA) is 78.5 Å². The van der Waals surface area contributed by atoms with Crippen molar-refractivity contribution in [2.45, 2.75) is 18.9 Å². The smallest absolute Gasteiger partial charge is 0.318 e. The molecule has 1 aliphatic heterocycles. The number of hydrazine groups is 1. The first-order chi connectivity index (χ1) is 14.5.